The van der Waals surface area contributed by atoms with E-state index in [9.17, 15) is 9.59 Å². The number of amides is 1. The number of benzene rings is 1. The van der Waals surface area contributed by atoms with Gasteiger partial charge < -0.3 is 4.90 Å². The van der Waals surface area contributed by atoms with Gasteiger partial charge in [0.25, 0.3) is 11.5 Å². The molecule has 0 saturated carbocycles. The fourth-order valence-corrected chi connectivity index (χ4v) is 5.88. The molecular weight excluding hydrogens is 476 g/mol. The zero-order chi connectivity index (χ0) is 24.4. The molecule has 8 heteroatoms. The molecule has 3 aromatic rings. The summed E-state index contributed by atoms with van der Waals surface area (Å²) in [4.78, 5) is 36.0. The lowest BCUT2D eigenvalue weighted by Gasteiger charge is -2.32. The third-order valence-electron chi connectivity index (χ3n) is 6.67. The number of thioether (sulfide) groups is 1. The van der Waals surface area contributed by atoms with Crippen LogP contribution in [0, 0.1) is 5.92 Å². The Bertz CT molecular complexity index is 1340. The Morgan fingerprint density at radius 1 is 1.09 bits per heavy atom. The number of anilines is 1. The molecule has 6 nitrogen and oxygen atoms in total. The highest BCUT2D eigenvalue weighted by Gasteiger charge is 2.32. The van der Waals surface area contributed by atoms with Crippen LogP contribution in [0.4, 0.5) is 5.82 Å². The summed E-state index contributed by atoms with van der Waals surface area (Å²) in [6.07, 6.45) is 7.24. The summed E-state index contributed by atoms with van der Waals surface area (Å²) in [5.74, 6) is 1.18. The number of aromatic nitrogens is 2. The minimum Gasteiger partial charge on any atom is -0.356 e. The van der Waals surface area contributed by atoms with Gasteiger partial charge in [-0.3, -0.25) is 18.9 Å². The second-order valence-electron chi connectivity index (χ2n) is 9.18. The van der Waals surface area contributed by atoms with Gasteiger partial charge in [-0.2, -0.15) is 0 Å². The second kappa shape index (κ2) is 10.3. The number of pyridine rings is 1. The molecule has 2 aromatic heterocycles. The van der Waals surface area contributed by atoms with Gasteiger partial charge in [0.05, 0.1) is 10.5 Å². The van der Waals surface area contributed by atoms with Crippen molar-refractivity contribution in [3.05, 3.63) is 81.1 Å². The van der Waals surface area contributed by atoms with Crippen molar-refractivity contribution in [2.45, 2.75) is 32.6 Å². The van der Waals surface area contributed by atoms with E-state index >= 15 is 0 Å². The number of carbonyl (C=O) groups is 1. The highest BCUT2D eigenvalue weighted by molar-refractivity contribution is 8.26. The summed E-state index contributed by atoms with van der Waals surface area (Å²) >= 11 is 6.81. The standard InChI is InChI=1S/C27H28N4O2S2/c1-19-12-16-29(17-13-19)24-21(25(32)30-14-6-5-11-23(30)28-24)18-22-26(33)31(27(34)35-22)15-7-10-20-8-3-2-4-9-20/h2-6,8-9,11,14,18-19H,7,10,12-13,15-17H2,1H3/b22-18-. The summed E-state index contributed by atoms with van der Waals surface area (Å²) in [6.45, 7) is 4.50. The van der Waals surface area contributed by atoms with E-state index in [1.165, 1.54) is 17.3 Å². The smallest absolute Gasteiger partial charge is 0.267 e. The van der Waals surface area contributed by atoms with Gasteiger partial charge in [-0.05, 0) is 55.4 Å². The topological polar surface area (TPSA) is 57.9 Å². The van der Waals surface area contributed by atoms with Crippen LogP contribution in [0.5, 0.6) is 0 Å². The Labute approximate surface area is 214 Å². The lowest BCUT2D eigenvalue weighted by atomic mass is 9.99. The fourth-order valence-electron chi connectivity index (χ4n) is 4.59. The Hall–Kier alpha value is -2.97. The quantitative estimate of drug-likeness (QED) is 0.356. The molecule has 4 heterocycles. The van der Waals surface area contributed by atoms with Crippen molar-refractivity contribution in [3.63, 3.8) is 0 Å². The summed E-state index contributed by atoms with van der Waals surface area (Å²) in [5.41, 5.74) is 2.13. The van der Waals surface area contributed by atoms with E-state index in [1.54, 1.807) is 21.6 Å². The van der Waals surface area contributed by atoms with Crippen molar-refractivity contribution in [2.75, 3.05) is 24.5 Å². The summed E-state index contributed by atoms with van der Waals surface area (Å²) in [5, 5.41) is 0. The molecule has 0 unspecified atom stereocenters. The molecule has 1 amide bonds. The molecule has 0 bridgehead atoms. The molecule has 0 spiro atoms. The summed E-state index contributed by atoms with van der Waals surface area (Å²) < 4.78 is 2.08. The van der Waals surface area contributed by atoms with Crippen LogP contribution in [0.1, 0.15) is 37.3 Å². The summed E-state index contributed by atoms with van der Waals surface area (Å²) in [6, 6.07) is 15.8. The maximum absolute atomic E-state index is 13.5. The maximum atomic E-state index is 13.5. The van der Waals surface area contributed by atoms with Crippen LogP contribution >= 0.6 is 24.0 Å². The fraction of sp³-hybridized carbons (Fsp3) is 0.333. The van der Waals surface area contributed by atoms with Crippen molar-refractivity contribution >= 4 is 51.7 Å². The molecule has 2 aliphatic heterocycles. The largest absolute Gasteiger partial charge is 0.356 e. The molecule has 0 N–H and O–H groups in total. The van der Waals surface area contributed by atoms with Gasteiger partial charge in [0, 0.05) is 25.8 Å². The number of hydrogen-bond donors (Lipinski definition) is 0. The van der Waals surface area contributed by atoms with Crippen molar-refractivity contribution in [1.29, 1.82) is 0 Å². The molecule has 0 atom stereocenters. The van der Waals surface area contributed by atoms with E-state index in [2.05, 4.69) is 24.0 Å². The zero-order valence-corrected chi connectivity index (χ0v) is 21.4. The van der Waals surface area contributed by atoms with Crippen LogP contribution in [0.15, 0.2) is 64.4 Å². The van der Waals surface area contributed by atoms with E-state index < -0.39 is 0 Å². The van der Waals surface area contributed by atoms with Crippen molar-refractivity contribution in [2.24, 2.45) is 5.92 Å². The van der Waals surface area contributed by atoms with Gasteiger partial charge in [0.15, 0.2) is 0 Å². The molecule has 35 heavy (non-hydrogen) atoms. The monoisotopic (exact) mass is 504 g/mol. The van der Waals surface area contributed by atoms with Gasteiger partial charge in [-0.15, -0.1) is 0 Å². The Balaban J connectivity index is 1.44. The third-order valence-corrected chi connectivity index (χ3v) is 8.05. The first-order valence-electron chi connectivity index (χ1n) is 12.1. The minimum absolute atomic E-state index is 0.135. The number of thiocarbonyl (C=S) groups is 1. The number of hydrogen-bond acceptors (Lipinski definition) is 6. The highest BCUT2D eigenvalue weighted by Crippen LogP contribution is 2.34. The van der Waals surface area contributed by atoms with Crippen molar-refractivity contribution in [3.8, 4) is 0 Å². The molecule has 2 aliphatic rings. The zero-order valence-electron chi connectivity index (χ0n) is 19.7. The van der Waals surface area contributed by atoms with Gasteiger partial charge in [0.1, 0.15) is 15.8 Å². The number of piperidine rings is 1. The lowest BCUT2D eigenvalue weighted by Crippen LogP contribution is -2.36. The maximum Gasteiger partial charge on any atom is 0.267 e. The number of rotatable bonds is 6. The van der Waals surface area contributed by atoms with Gasteiger partial charge >= 0.3 is 0 Å². The van der Waals surface area contributed by atoms with E-state index in [0.29, 0.717) is 38.7 Å². The van der Waals surface area contributed by atoms with Crippen molar-refractivity contribution < 1.29 is 4.79 Å². The average Bonchev–Trinajstić information content (AvgIpc) is 3.14. The van der Waals surface area contributed by atoms with Crippen LogP contribution in [0.3, 0.4) is 0 Å². The van der Waals surface area contributed by atoms with E-state index in [4.69, 9.17) is 17.2 Å². The van der Waals surface area contributed by atoms with Crippen LogP contribution in [0.2, 0.25) is 0 Å². The normalized spacial score (nSPS) is 18.3. The molecular formula is C27H28N4O2S2. The predicted octanol–water partition coefficient (Wildman–Crippen LogP) is 4.76. The first-order chi connectivity index (χ1) is 17.0. The molecule has 5 rings (SSSR count). The molecule has 180 valence electrons. The highest BCUT2D eigenvalue weighted by atomic mass is 32.2. The van der Waals surface area contributed by atoms with Crippen LogP contribution < -0.4 is 10.5 Å². The second-order valence-corrected chi connectivity index (χ2v) is 10.9. The third kappa shape index (κ3) is 5.04. The molecule has 2 saturated heterocycles. The van der Waals surface area contributed by atoms with Crippen molar-refractivity contribution in [1.82, 2.24) is 14.3 Å². The SMILES string of the molecule is CC1CCN(c2nc3ccccn3c(=O)c2/C=C2\SC(=S)N(CCCc3ccccc3)C2=O)CC1. The summed E-state index contributed by atoms with van der Waals surface area (Å²) in [7, 11) is 0. The van der Waals surface area contributed by atoms with Crippen LogP contribution in [0.25, 0.3) is 11.7 Å². The van der Waals surface area contributed by atoms with Crippen LogP contribution in [-0.2, 0) is 11.2 Å². The molecule has 0 aliphatic carbocycles. The Kier molecular flexibility index (Phi) is 7.02. The lowest BCUT2D eigenvalue weighted by molar-refractivity contribution is -0.122. The van der Waals surface area contributed by atoms with E-state index in [0.717, 1.165) is 38.8 Å². The van der Waals surface area contributed by atoms with Gasteiger partial charge in [-0.1, -0.05) is 67.3 Å². The number of nitrogens with zero attached hydrogens (tertiary/aromatic N) is 4. The van der Waals surface area contributed by atoms with Gasteiger partial charge in [-0.25, -0.2) is 4.98 Å². The number of carbonyl (C=O) groups excluding carboxylic acids is 1. The number of aryl methyl sites for hydroxylation is 1. The molecule has 1 aromatic carbocycles. The van der Waals surface area contributed by atoms with Gasteiger partial charge in [0.2, 0.25) is 0 Å². The molecule has 2 fully saturated rings. The average molecular weight is 505 g/mol. The first kappa shape index (κ1) is 23.8. The van der Waals surface area contributed by atoms with Crippen LogP contribution in [-0.4, -0.2) is 44.1 Å². The van der Waals surface area contributed by atoms with E-state index in [-0.39, 0.29) is 11.5 Å². The minimum atomic E-state index is -0.168. The number of fused-ring (bicyclic) bond motifs is 1. The first-order valence-corrected chi connectivity index (χ1v) is 13.3. The Morgan fingerprint density at radius 3 is 2.60 bits per heavy atom. The van der Waals surface area contributed by atoms with E-state index in [1.807, 2.05) is 36.4 Å². The Morgan fingerprint density at radius 2 is 1.83 bits per heavy atom. The predicted molar refractivity (Wildman–Crippen MR) is 147 cm³/mol. The molecule has 0 radical (unpaired) electrons.